The second kappa shape index (κ2) is 4.93. The van der Waals surface area contributed by atoms with Gasteiger partial charge in [0.2, 0.25) is 5.24 Å². The van der Waals surface area contributed by atoms with Gasteiger partial charge in [-0.15, -0.1) is 0 Å². The third-order valence-corrected chi connectivity index (χ3v) is 1.00. The number of carbonyl (C=O) groups is 2. The van der Waals surface area contributed by atoms with Crippen molar-refractivity contribution in [3.63, 3.8) is 0 Å². The molecule has 60 valence electrons. The zero-order chi connectivity index (χ0) is 8.85. The van der Waals surface area contributed by atoms with Gasteiger partial charge in [0.05, 0.1) is 0 Å². The molecule has 5 heteroatoms. The first-order chi connectivity index (χ1) is 5.04. The molecule has 0 unspecified atom stereocenters. The minimum absolute atomic E-state index is 0.638. The minimum atomic E-state index is -0.989. The first-order valence-electron chi connectivity index (χ1n) is 2.50. The van der Waals surface area contributed by atoms with E-state index in [1.807, 2.05) is 0 Å². The topological polar surface area (TPSA) is 54.4 Å². The maximum Gasteiger partial charge on any atom is 0.286 e. The summed E-state index contributed by atoms with van der Waals surface area (Å²) in [5.74, 6) is -0.638. The standard InChI is InChI=1S/C6H4Cl2O3/c7-5(10)3-1-2-4(9)6(8)11/h1-3,9H/b3-1+,4-2-. The van der Waals surface area contributed by atoms with Crippen molar-refractivity contribution in [3.8, 4) is 0 Å². The molecule has 11 heavy (non-hydrogen) atoms. The zero-order valence-corrected chi connectivity index (χ0v) is 6.76. The molecule has 0 amide bonds. The summed E-state index contributed by atoms with van der Waals surface area (Å²) in [6.45, 7) is 0. The van der Waals surface area contributed by atoms with Crippen LogP contribution in [0.2, 0.25) is 0 Å². The number of halogens is 2. The van der Waals surface area contributed by atoms with Gasteiger partial charge in [0.15, 0.2) is 5.76 Å². The lowest BCUT2D eigenvalue weighted by atomic mass is 10.4. The Labute approximate surface area is 72.9 Å². The molecule has 0 aliphatic heterocycles. The number of carbonyl (C=O) groups excluding carboxylic acids is 2. The van der Waals surface area contributed by atoms with E-state index in [9.17, 15) is 9.59 Å². The Bertz CT molecular complexity index is 230. The highest BCUT2D eigenvalue weighted by Gasteiger charge is 1.98. The van der Waals surface area contributed by atoms with E-state index in [1.165, 1.54) is 0 Å². The Morgan fingerprint density at radius 2 is 1.82 bits per heavy atom. The summed E-state index contributed by atoms with van der Waals surface area (Å²) in [5, 5.41) is 6.93. The van der Waals surface area contributed by atoms with Gasteiger partial charge in [-0.05, 0) is 35.4 Å². The summed E-state index contributed by atoms with van der Waals surface area (Å²) < 4.78 is 0. The van der Waals surface area contributed by atoms with Crippen LogP contribution in [0.5, 0.6) is 0 Å². The van der Waals surface area contributed by atoms with Crippen molar-refractivity contribution in [2.75, 3.05) is 0 Å². The van der Waals surface area contributed by atoms with E-state index in [0.717, 1.165) is 18.2 Å². The maximum atomic E-state index is 10.1. The molecule has 0 rings (SSSR count). The number of hydrogen-bond donors (Lipinski definition) is 1. The Morgan fingerprint density at radius 3 is 2.18 bits per heavy atom. The molecule has 0 aromatic carbocycles. The van der Waals surface area contributed by atoms with Crippen molar-refractivity contribution < 1.29 is 14.7 Å². The molecule has 0 spiro atoms. The predicted octanol–water partition coefficient (Wildman–Crippen LogP) is 1.52. The molecule has 0 radical (unpaired) electrons. The third-order valence-electron chi connectivity index (χ3n) is 0.683. The lowest BCUT2D eigenvalue weighted by Crippen LogP contribution is -1.89. The quantitative estimate of drug-likeness (QED) is 0.321. The number of aliphatic hydroxyl groups excluding tert-OH is 1. The van der Waals surface area contributed by atoms with Crippen LogP contribution in [0.4, 0.5) is 0 Å². The van der Waals surface area contributed by atoms with Gasteiger partial charge in [-0.2, -0.15) is 0 Å². The zero-order valence-electron chi connectivity index (χ0n) is 5.25. The van der Waals surface area contributed by atoms with E-state index in [1.54, 1.807) is 0 Å². The van der Waals surface area contributed by atoms with Crippen molar-refractivity contribution >= 4 is 33.7 Å². The van der Waals surface area contributed by atoms with Crippen LogP contribution in [0, 0.1) is 0 Å². The van der Waals surface area contributed by atoms with Gasteiger partial charge >= 0.3 is 0 Å². The first kappa shape index (κ1) is 10.2. The van der Waals surface area contributed by atoms with Crippen LogP contribution in [0.25, 0.3) is 0 Å². The Kier molecular flexibility index (Phi) is 4.57. The van der Waals surface area contributed by atoms with Crippen molar-refractivity contribution in [2.24, 2.45) is 0 Å². The number of rotatable bonds is 3. The van der Waals surface area contributed by atoms with Gasteiger partial charge in [0.25, 0.3) is 5.24 Å². The number of aliphatic hydroxyl groups is 1. The average Bonchev–Trinajstić information content (AvgIpc) is 1.86. The normalized spacial score (nSPS) is 12.0. The fraction of sp³-hybridized carbons (Fsp3) is 0. The summed E-state index contributed by atoms with van der Waals surface area (Å²) in [4.78, 5) is 20.2. The van der Waals surface area contributed by atoms with Gasteiger partial charge in [0, 0.05) is 0 Å². The minimum Gasteiger partial charge on any atom is -0.503 e. The van der Waals surface area contributed by atoms with Crippen molar-refractivity contribution in [1.82, 2.24) is 0 Å². The number of allylic oxidation sites excluding steroid dienone is 4. The van der Waals surface area contributed by atoms with Gasteiger partial charge in [-0.1, -0.05) is 6.08 Å². The fourth-order valence-corrected chi connectivity index (χ4v) is 0.416. The maximum absolute atomic E-state index is 10.1. The van der Waals surface area contributed by atoms with Crippen LogP contribution < -0.4 is 0 Å². The molecule has 0 aliphatic rings. The van der Waals surface area contributed by atoms with E-state index in [2.05, 4.69) is 0 Å². The monoisotopic (exact) mass is 194 g/mol. The molecule has 0 aromatic rings. The summed E-state index contributed by atoms with van der Waals surface area (Å²) in [5.41, 5.74) is 0. The van der Waals surface area contributed by atoms with E-state index >= 15 is 0 Å². The lowest BCUT2D eigenvalue weighted by Gasteiger charge is -1.84. The van der Waals surface area contributed by atoms with Crippen LogP contribution in [-0.2, 0) is 9.59 Å². The predicted molar refractivity (Wildman–Crippen MR) is 41.6 cm³/mol. The molecule has 0 saturated heterocycles. The summed E-state index contributed by atoms with van der Waals surface area (Å²) in [7, 11) is 0. The summed E-state index contributed by atoms with van der Waals surface area (Å²) in [6.07, 6.45) is 3.05. The number of hydrogen-bond acceptors (Lipinski definition) is 3. The van der Waals surface area contributed by atoms with Gasteiger partial charge in [0.1, 0.15) is 0 Å². The van der Waals surface area contributed by atoms with Gasteiger partial charge in [-0.3, -0.25) is 9.59 Å². The van der Waals surface area contributed by atoms with Crippen molar-refractivity contribution in [1.29, 1.82) is 0 Å². The lowest BCUT2D eigenvalue weighted by molar-refractivity contribution is -0.110. The van der Waals surface area contributed by atoms with E-state index in [0.29, 0.717) is 0 Å². The molecule has 0 aliphatic carbocycles. The van der Waals surface area contributed by atoms with Crippen LogP contribution in [-0.4, -0.2) is 15.6 Å². The smallest absolute Gasteiger partial charge is 0.286 e. The molecule has 1 N–H and O–H groups in total. The highest BCUT2D eigenvalue weighted by Crippen LogP contribution is 1.95. The molecule has 0 atom stereocenters. The van der Waals surface area contributed by atoms with E-state index in [4.69, 9.17) is 28.3 Å². The molecular formula is C6H4Cl2O3. The van der Waals surface area contributed by atoms with E-state index < -0.39 is 16.2 Å². The summed E-state index contributed by atoms with van der Waals surface area (Å²) >= 11 is 9.72. The van der Waals surface area contributed by atoms with Gasteiger partial charge < -0.3 is 5.11 Å². The Morgan fingerprint density at radius 1 is 1.27 bits per heavy atom. The molecule has 0 heterocycles. The highest BCUT2D eigenvalue weighted by molar-refractivity contribution is 6.67. The van der Waals surface area contributed by atoms with Crippen LogP contribution in [0.15, 0.2) is 24.0 Å². The molecule has 0 saturated carbocycles. The average molecular weight is 195 g/mol. The van der Waals surface area contributed by atoms with Gasteiger partial charge in [-0.25, -0.2) is 0 Å². The summed E-state index contributed by atoms with van der Waals surface area (Å²) in [6, 6.07) is 0. The molecule has 0 bridgehead atoms. The van der Waals surface area contributed by atoms with Crippen LogP contribution in [0.3, 0.4) is 0 Å². The van der Waals surface area contributed by atoms with Crippen molar-refractivity contribution in [2.45, 2.75) is 0 Å². The van der Waals surface area contributed by atoms with Crippen molar-refractivity contribution in [3.05, 3.63) is 24.0 Å². The van der Waals surface area contributed by atoms with Crippen LogP contribution >= 0.6 is 23.2 Å². The fourth-order valence-electron chi connectivity index (χ4n) is 0.280. The molecule has 0 aromatic heterocycles. The molecular weight excluding hydrogens is 191 g/mol. The Hall–Kier alpha value is -0.800. The SMILES string of the molecule is O=C(Cl)/C=C/C=C(\O)C(=O)Cl. The van der Waals surface area contributed by atoms with E-state index in [-0.39, 0.29) is 0 Å². The third kappa shape index (κ3) is 5.63. The molecule has 3 nitrogen and oxygen atoms in total. The Balaban J connectivity index is 4.13. The largest absolute Gasteiger partial charge is 0.503 e. The second-order valence-electron chi connectivity index (χ2n) is 1.49. The first-order valence-corrected chi connectivity index (χ1v) is 3.26. The van der Waals surface area contributed by atoms with Crippen LogP contribution in [0.1, 0.15) is 0 Å². The highest BCUT2D eigenvalue weighted by atomic mass is 35.5. The molecule has 0 fully saturated rings. The second-order valence-corrected chi connectivity index (χ2v) is 2.20.